The van der Waals surface area contributed by atoms with E-state index < -0.39 is 0 Å². The van der Waals surface area contributed by atoms with E-state index in [-0.39, 0.29) is 11.8 Å². The lowest BCUT2D eigenvalue weighted by Gasteiger charge is -2.21. The number of ether oxygens (including phenoxy) is 1. The number of hydrogen-bond acceptors (Lipinski definition) is 5. The molecular weight excluding hydrogens is 368 g/mol. The molecule has 1 aliphatic carbocycles. The number of tetrazole rings is 1. The molecule has 0 aliphatic heterocycles. The Balaban J connectivity index is 1.73. The standard InChI is InChI=1S/C21H28N6O2/c1-13(20-22-24-25-23-20)12-26(3)21(28)19-14(2)27(15-7-5-6-8-15)18-10-9-16(29-4)11-17(18)19/h9-11,13,15H,5-8,12H2,1-4H3,(H,22,23,24,25). The molecule has 4 rings (SSSR count). The summed E-state index contributed by atoms with van der Waals surface area (Å²) in [7, 11) is 3.49. The molecule has 1 unspecified atom stereocenters. The highest BCUT2D eigenvalue weighted by Gasteiger charge is 2.28. The highest BCUT2D eigenvalue weighted by molar-refractivity contribution is 6.08. The van der Waals surface area contributed by atoms with Gasteiger partial charge in [0, 0.05) is 42.1 Å². The minimum absolute atomic E-state index is 0.00726. The SMILES string of the molecule is COc1ccc2c(c1)c(C(=O)N(C)CC(C)c1nn[nH]n1)c(C)n2C1CCCC1. The summed E-state index contributed by atoms with van der Waals surface area (Å²) < 4.78 is 7.81. The fraction of sp³-hybridized carbons (Fsp3) is 0.524. The Labute approximate surface area is 170 Å². The molecule has 154 valence electrons. The molecule has 0 radical (unpaired) electrons. The molecule has 1 amide bonds. The fourth-order valence-electron chi connectivity index (χ4n) is 4.60. The molecule has 3 aromatic rings. The number of benzene rings is 1. The predicted octanol–water partition coefficient (Wildman–Crippen LogP) is 3.46. The molecule has 2 heterocycles. The second-order valence-corrected chi connectivity index (χ2v) is 8.01. The first-order valence-electron chi connectivity index (χ1n) is 10.2. The summed E-state index contributed by atoms with van der Waals surface area (Å²) >= 11 is 0. The van der Waals surface area contributed by atoms with E-state index in [4.69, 9.17) is 4.74 Å². The van der Waals surface area contributed by atoms with Crippen molar-refractivity contribution in [2.24, 2.45) is 0 Å². The van der Waals surface area contributed by atoms with Crippen molar-refractivity contribution in [3.63, 3.8) is 0 Å². The van der Waals surface area contributed by atoms with Crippen LogP contribution in [0.3, 0.4) is 0 Å². The van der Waals surface area contributed by atoms with Crippen molar-refractivity contribution >= 4 is 16.8 Å². The second-order valence-electron chi connectivity index (χ2n) is 8.01. The van der Waals surface area contributed by atoms with Gasteiger partial charge >= 0.3 is 0 Å². The minimum Gasteiger partial charge on any atom is -0.497 e. The third-order valence-corrected chi connectivity index (χ3v) is 6.06. The number of aromatic amines is 1. The number of amides is 1. The summed E-state index contributed by atoms with van der Waals surface area (Å²) in [5.41, 5.74) is 2.90. The second kappa shape index (κ2) is 7.85. The van der Waals surface area contributed by atoms with E-state index in [0.29, 0.717) is 18.4 Å². The van der Waals surface area contributed by atoms with Crippen LogP contribution >= 0.6 is 0 Å². The van der Waals surface area contributed by atoms with Crippen molar-refractivity contribution < 1.29 is 9.53 Å². The zero-order valence-corrected chi connectivity index (χ0v) is 17.5. The maximum Gasteiger partial charge on any atom is 0.256 e. The van der Waals surface area contributed by atoms with E-state index in [1.54, 1.807) is 12.0 Å². The lowest BCUT2D eigenvalue weighted by Crippen LogP contribution is -2.31. The van der Waals surface area contributed by atoms with E-state index in [1.807, 2.05) is 26.1 Å². The van der Waals surface area contributed by atoms with Gasteiger partial charge in [0.15, 0.2) is 5.82 Å². The number of nitrogens with one attached hydrogen (secondary N) is 1. The van der Waals surface area contributed by atoms with Gasteiger partial charge in [-0.05, 0) is 38.0 Å². The smallest absolute Gasteiger partial charge is 0.256 e. The van der Waals surface area contributed by atoms with E-state index >= 15 is 0 Å². The van der Waals surface area contributed by atoms with Gasteiger partial charge in [0.2, 0.25) is 0 Å². The van der Waals surface area contributed by atoms with Gasteiger partial charge in [-0.2, -0.15) is 5.21 Å². The predicted molar refractivity (Wildman–Crippen MR) is 110 cm³/mol. The number of carbonyl (C=O) groups excluding carboxylic acids is 1. The minimum atomic E-state index is -0.0132. The number of rotatable bonds is 6. The van der Waals surface area contributed by atoms with Gasteiger partial charge in [-0.1, -0.05) is 25.0 Å². The topological polar surface area (TPSA) is 88.9 Å². The first-order valence-corrected chi connectivity index (χ1v) is 10.2. The van der Waals surface area contributed by atoms with Crippen molar-refractivity contribution in [2.75, 3.05) is 20.7 Å². The number of likely N-dealkylation sites (N-methyl/N-ethyl adjacent to an activating group) is 1. The highest BCUT2D eigenvalue weighted by atomic mass is 16.5. The third kappa shape index (κ3) is 3.47. The molecule has 8 nitrogen and oxygen atoms in total. The van der Waals surface area contributed by atoms with Crippen LogP contribution in [0, 0.1) is 6.92 Å². The molecular formula is C21H28N6O2. The maximum absolute atomic E-state index is 13.5. The van der Waals surface area contributed by atoms with Crippen LogP contribution in [-0.4, -0.2) is 56.7 Å². The molecule has 1 aromatic carbocycles. The summed E-state index contributed by atoms with van der Waals surface area (Å²) in [4.78, 5) is 15.3. The molecule has 1 saturated carbocycles. The Morgan fingerprint density at radius 1 is 1.38 bits per heavy atom. The van der Waals surface area contributed by atoms with Crippen molar-refractivity contribution in [1.82, 2.24) is 30.1 Å². The van der Waals surface area contributed by atoms with Crippen molar-refractivity contribution in [2.45, 2.75) is 51.5 Å². The number of methoxy groups -OCH3 is 1. The van der Waals surface area contributed by atoms with E-state index in [1.165, 1.54) is 12.8 Å². The summed E-state index contributed by atoms with van der Waals surface area (Å²) in [6.45, 7) is 4.57. The van der Waals surface area contributed by atoms with Crippen LogP contribution in [0.1, 0.15) is 66.4 Å². The van der Waals surface area contributed by atoms with Crippen LogP contribution in [0.25, 0.3) is 10.9 Å². The fourth-order valence-corrected chi connectivity index (χ4v) is 4.60. The number of hydrogen-bond donors (Lipinski definition) is 1. The molecule has 0 spiro atoms. The Kier molecular flexibility index (Phi) is 5.25. The van der Waals surface area contributed by atoms with Gasteiger partial charge in [0.1, 0.15) is 5.75 Å². The van der Waals surface area contributed by atoms with Gasteiger partial charge < -0.3 is 14.2 Å². The normalized spacial score (nSPS) is 15.7. The van der Waals surface area contributed by atoms with E-state index in [2.05, 4.69) is 38.2 Å². The quantitative estimate of drug-likeness (QED) is 0.689. The van der Waals surface area contributed by atoms with Crippen molar-refractivity contribution in [1.29, 1.82) is 0 Å². The van der Waals surface area contributed by atoms with Gasteiger partial charge in [0.25, 0.3) is 5.91 Å². The Bertz CT molecular complexity index is 1000. The van der Waals surface area contributed by atoms with E-state index in [9.17, 15) is 4.79 Å². The summed E-state index contributed by atoms with van der Waals surface area (Å²) in [5.74, 6) is 1.36. The van der Waals surface area contributed by atoms with Crippen LogP contribution in [0.2, 0.25) is 0 Å². The molecule has 2 aromatic heterocycles. The van der Waals surface area contributed by atoms with Gasteiger partial charge in [-0.25, -0.2) is 0 Å². The molecule has 0 saturated heterocycles. The number of carbonyl (C=O) groups is 1. The first kappa shape index (κ1) is 19.4. The van der Waals surface area contributed by atoms with Crippen LogP contribution in [0.4, 0.5) is 0 Å². The van der Waals surface area contributed by atoms with E-state index in [0.717, 1.165) is 40.8 Å². The Hall–Kier alpha value is -2.90. The van der Waals surface area contributed by atoms with Crippen LogP contribution in [-0.2, 0) is 0 Å². The van der Waals surface area contributed by atoms with Gasteiger partial charge in [0.05, 0.1) is 12.7 Å². The molecule has 0 bridgehead atoms. The largest absolute Gasteiger partial charge is 0.497 e. The number of fused-ring (bicyclic) bond motifs is 1. The van der Waals surface area contributed by atoms with Crippen molar-refractivity contribution in [3.05, 3.63) is 35.3 Å². The summed E-state index contributed by atoms with van der Waals surface area (Å²) in [5, 5.41) is 15.1. The lowest BCUT2D eigenvalue weighted by atomic mass is 10.1. The molecule has 29 heavy (non-hydrogen) atoms. The highest BCUT2D eigenvalue weighted by Crippen LogP contribution is 2.38. The molecule has 8 heteroatoms. The molecule has 1 aliphatic rings. The lowest BCUT2D eigenvalue weighted by molar-refractivity contribution is 0.0788. The number of aromatic nitrogens is 5. The van der Waals surface area contributed by atoms with Gasteiger partial charge in [-0.3, -0.25) is 4.79 Å². The Morgan fingerprint density at radius 3 is 2.79 bits per heavy atom. The zero-order valence-electron chi connectivity index (χ0n) is 17.5. The first-order chi connectivity index (χ1) is 14.0. The van der Waals surface area contributed by atoms with Gasteiger partial charge in [-0.15, -0.1) is 10.2 Å². The summed E-state index contributed by atoms with van der Waals surface area (Å²) in [6, 6.07) is 6.50. The number of nitrogens with zero attached hydrogens (tertiary/aromatic N) is 5. The maximum atomic E-state index is 13.5. The van der Waals surface area contributed by atoms with Crippen LogP contribution in [0.15, 0.2) is 18.2 Å². The average Bonchev–Trinajstić information content (AvgIpc) is 3.46. The molecule has 1 atom stereocenters. The Morgan fingerprint density at radius 2 is 2.14 bits per heavy atom. The molecule has 1 fully saturated rings. The average molecular weight is 396 g/mol. The summed E-state index contributed by atoms with van der Waals surface area (Å²) in [6.07, 6.45) is 4.81. The third-order valence-electron chi connectivity index (χ3n) is 6.06. The van der Waals surface area contributed by atoms with Crippen LogP contribution in [0.5, 0.6) is 5.75 Å². The zero-order chi connectivity index (χ0) is 20.5. The number of H-pyrrole nitrogens is 1. The van der Waals surface area contributed by atoms with Crippen molar-refractivity contribution in [3.8, 4) is 5.75 Å². The molecule has 1 N–H and O–H groups in total. The monoisotopic (exact) mass is 396 g/mol. The van der Waals surface area contributed by atoms with Crippen LogP contribution < -0.4 is 4.74 Å².